The molecular weight excluding hydrogens is 281 g/mol. The van der Waals surface area contributed by atoms with Gasteiger partial charge < -0.3 is 10.6 Å². The first-order chi connectivity index (χ1) is 8.58. The van der Waals surface area contributed by atoms with Gasteiger partial charge in [-0.25, -0.2) is 13.2 Å². The van der Waals surface area contributed by atoms with Gasteiger partial charge in [0.05, 0.1) is 5.69 Å². The van der Waals surface area contributed by atoms with Crippen LogP contribution in [-0.4, -0.2) is 19.0 Å². The highest BCUT2D eigenvalue weighted by molar-refractivity contribution is 5.92. The van der Waals surface area contributed by atoms with Crippen molar-refractivity contribution >= 4 is 24.0 Å². The molecule has 0 atom stereocenters. The summed E-state index contributed by atoms with van der Waals surface area (Å²) in [4.78, 5) is 11.8. The van der Waals surface area contributed by atoms with Crippen LogP contribution in [0, 0.1) is 23.4 Å². The predicted octanol–water partition coefficient (Wildman–Crippen LogP) is 2.46. The maximum Gasteiger partial charge on any atom is 0.227 e. The van der Waals surface area contributed by atoms with E-state index in [4.69, 9.17) is 0 Å². The number of piperidine rings is 1. The lowest BCUT2D eigenvalue weighted by atomic mass is 9.97. The zero-order valence-electron chi connectivity index (χ0n) is 10.0. The van der Waals surface area contributed by atoms with E-state index in [-0.39, 0.29) is 29.9 Å². The zero-order valence-corrected chi connectivity index (χ0v) is 10.8. The van der Waals surface area contributed by atoms with Crippen LogP contribution in [0.1, 0.15) is 12.8 Å². The molecular formula is C12H14ClF3N2O. The molecule has 1 aliphatic heterocycles. The number of anilines is 1. The van der Waals surface area contributed by atoms with Gasteiger partial charge in [-0.2, -0.15) is 0 Å². The molecule has 0 radical (unpaired) electrons. The number of nitrogens with one attached hydrogen (secondary N) is 2. The zero-order chi connectivity index (χ0) is 13.1. The number of amides is 1. The summed E-state index contributed by atoms with van der Waals surface area (Å²) in [6, 6.07) is 1.08. The van der Waals surface area contributed by atoms with Crippen molar-refractivity contribution in [2.24, 2.45) is 5.92 Å². The lowest BCUT2D eigenvalue weighted by Gasteiger charge is -2.21. The van der Waals surface area contributed by atoms with E-state index in [0.29, 0.717) is 25.0 Å². The van der Waals surface area contributed by atoms with Gasteiger partial charge in [0.1, 0.15) is 5.82 Å². The fourth-order valence-corrected chi connectivity index (χ4v) is 1.94. The van der Waals surface area contributed by atoms with Crippen LogP contribution in [-0.2, 0) is 4.79 Å². The maximum atomic E-state index is 13.3. The predicted molar refractivity (Wildman–Crippen MR) is 67.8 cm³/mol. The van der Waals surface area contributed by atoms with Gasteiger partial charge in [0, 0.05) is 18.1 Å². The number of carbonyl (C=O) groups excluding carboxylic acids is 1. The highest BCUT2D eigenvalue weighted by atomic mass is 35.5. The monoisotopic (exact) mass is 294 g/mol. The third kappa shape index (κ3) is 3.84. The van der Waals surface area contributed by atoms with E-state index in [2.05, 4.69) is 10.6 Å². The fourth-order valence-electron chi connectivity index (χ4n) is 1.94. The molecule has 0 bridgehead atoms. The topological polar surface area (TPSA) is 41.1 Å². The van der Waals surface area contributed by atoms with E-state index in [9.17, 15) is 18.0 Å². The van der Waals surface area contributed by atoms with Gasteiger partial charge in [-0.1, -0.05) is 0 Å². The van der Waals surface area contributed by atoms with Crippen LogP contribution in [0.15, 0.2) is 12.1 Å². The number of rotatable bonds is 2. The molecule has 19 heavy (non-hydrogen) atoms. The van der Waals surface area contributed by atoms with Crippen LogP contribution in [0.25, 0.3) is 0 Å². The number of halogens is 4. The first-order valence-electron chi connectivity index (χ1n) is 5.74. The quantitative estimate of drug-likeness (QED) is 0.823. The molecule has 1 aromatic rings. The maximum absolute atomic E-state index is 13.3. The molecule has 0 aromatic heterocycles. The summed E-state index contributed by atoms with van der Waals surface area (Å²) < 4.78 is 39.0. The molecule has 1 fully saturated rings. The van der Waals surface area contributed by atoms with Gasteiger partial charge in [0.25, 0.3) is 0 Å². The highest BCUT2D eigenvalue weighted by Gasteiger charge is 2.22. The lowest BCUT2D eigenvalue weighted by Crippen LogP contribution is -2.34. The minimum atomic E-state index is -1.27. The Balaban J connectivity index is 0.00000180. The van der Waals surface area contributed by atoms with Gasteiger partial charge in [-0.3, -0.25) is 4.79 Å². The van der Waals surface area contributed by atoms with Crippen molar-refractivity contribution in [2.75, 3.05) is 18.4 Å². The van der Waals surface area contributed by atoms with E-state index < -0.39 is 17.5 Å². The van der Waals surface area contributed by atoms with Crippen molar-refractivity contribution in [1.29, 1.82) is 0 Å². The van der Waals surface area contributed by atoms with Gasteiger partial charge in [0.2, 0.25) is 5.91 Å². The largest absolute Gasteiger partial charge is 0.323 e. The van der Waals surface area contributed by atoms with Crippen LogP contribution in [0.2, 0.25) is 0 Å². The van der Waals surface area contributed by atoms with Crippen LogP contribution >= 0.6 is 12.4 Å². The number of hydrogen-bond donors (Lipinski definition) is 2. The fraction of sp³-hybridized carbons (Fsp3) is 0.417. The average molecular weight is 295 g/mol. The minimum Gasteiger partial charge on any atom is -0.323 e. The second-order valence-electron chi connectivity index (χ2n) is 4.26. The Morgan fingerprint density at radius 1 is 1.11 bits per heavy atom. The Morgan fingerprint density at radius 3 is 2.32 bits per heavy atom. The molecule has 1 aliphatic rings. The molecule has 106 valence electrons. The molecule has 7 heteroatoms. The van der Waals surface area contributed by atoms with E-state index in [1.165, 1.54) is 0 Å². The first-order valence-corrected chi connectivity index (χ1v) is 5.74. The molecule has 1 aromatic carbocycles. The van der Waals surface area contributed by atoms with E-state index in [0.717, 1.165) is 13.1 Å². The van der Waals surface area contributed by atoms with Crippen molar-refractivity contribution in [3.05, 3.63) is 29.6 Å². The van der Waals surface area contributed by atoms with Crippen LogP contribution < -0.4 is 10.6 Å². The summed E-state index contributed by atoms with van der Waals surface area (Å²) in [6.45, 7) is 1.44. The van der Waals surface area contributed by atoms with Crippen LogP contribution in [0.5, 0.6) is 0 Å². The third-order valence-corrected chi connectivity index (χ3v) is 2.98. The first kappa shape index (κ1) is 15.8. The van der Waals surface area contributed by atoms with Gasteiger partial charge in [0.15, 0.2) is 11.6 Å². The van der Waals surface area contributed by atoms with E-state index >= 15 is 0 Å². The standard InChI is InChI=1S/C12H13F3N2O.ClH/c13-8-5-10(15)11(6-9(8)14)17-12(18)7-1-3-16-4-2-7;/h5-7,16H,1-4H2,(H,17,18);1H. The summed E-state index contributed by atoms with van der Waals surface area (Å²) in [5.74, 6) is -4.01. The van der Waals surface area contributed by atoms with Crippen molar-refractivity contribution in [1.82, 2.24) is 5.32 Å². The summed E-state index contributed by atoms with van der Waals surface area (Å²) in [7, 11) is 0. The molecule has 1 saturated heterocycles. The molecule has 3 nitrogen and oxygen atoms in total. The number of benzene rings is 1. The second kappa shape index (κ2) is 6.77. The van der Waals surface area contributed by atoms with Crippen LogP contribution in [0.3, 0.4) is 0 Å². The number of carbonyl (C=O) groups is 1. The molecule has 0 aliphatic carbocycles. The van der Waals surface area contributed by atoms with Gasteiger partial charge in [-0.15, -0.1) is 12.4 Å². The molecule has 1 amide bonds. The molecule has 0 saturated carbocycles. The van der Waals surface area contributed by atoms with Crippen molar-refractivity contribution in [3.8, 4) is 0 Å². The van der Waals surface area contributed by atoms with Crippen molar-refractivity contribution < 1.29 is 18.0 Å². The van der Waals surface area contributed by atoms with Gasteiger partial charge >= 0.3 is 0 Å². The lowest BCUT2D eigenvalue weighted by molar-refractivity contribution is -0.120. The molecule has 0 unspecified atom stereocenters. The summed E-state index contributed by atoms with van der Waals surface area (Å²) in [5, 5.41) is 5.40. The van der Waals surface area contributed by atoms with Gasteiger partial charge in [-0.05, 0) is 25.9 Å². The highest BCUT2D eigenvalue weighted by Crippen LogP contribution is 2.20. The Kier molecular flexibility index (Phi) is 5.62. The summed E-state index contributed by atoms with van der Waals surface area (Å²) in [6.07, 6.45) is 1.30. The molecule has 0 spiro atoms. The Labute approximate surface area is 115 Å². The SMILES string of the molecule is Cl.O=C(Nc1cc(F)c(F)cc1F)C1CCNCC1. The van der Waals surface area contributed by atoms with Crippen molar-refractivity contribution in [3.63, 3.8) is 0 Å². The van der Waals surface area contributed by atoms with E-state index in [1.54, 1.807) is 0 Å². The smallest absolute Gasteiger partial charge is 0.227 e. The molecule has 1 heterocycles. The minimum absolute atomic E-state index is 0. The molecule has 2 rings (SSSR count). The Bertz CT molecular complexity index is 465. The Hall–Kier alpha value is -1.27. The normalized spacial score (nSPS) is 15.7. The number of hydrogen-bond acceptors (Lipinski definition) is 2. The molecule has 2 N–H and O–H groups in total. The summed E-state index contributed by atoms with van der Waals surface area (Å²) in [5.41, 5.74) is -0.322. The second-order valence-corrected chi connectivity index (χ2v) is 4.26. The Morgan fingerprint density at radius 2 is 1.68 bits per heavy atom. The third-order valence-electron chi connectivity index (χ3n) is 2.98. The van der Waals surface area contributed by atoms with Crippen molar-refractivity contribution in [2.45, 2.75) is 12.8 Å². The van der Waals surface area contributed by atoms with Crippen LogP contribution in [0.4, 0.5) is 18.9 Å². The average Bonchev–Trinajstić information content (AvgIpc) is 2.37. The van der Waals surface area contributed by atoms with E-state index in [1.807, 2.05) is 0 Å². The summed E-state index contributed by atoms with van der Waals surface area (Å²) >= 11 is 0.